The number of benzene rings is 1. The fourth-order valence-electron chi connectivity index (χ4n) is 1.03. The number of nitrogens with two attached hydrogens (primary N) is 1. The third-order valence-electron chi connectivity index (χ3n) is 1.70. The monoisotopic (exact) mass is 312 g/mol. The van der Waals surface area contributed by atoms with Crippen molar-refractivity contribution < 1.29 is 13.5 Å². The largest absolute Gasteiger partial charge is 0.491 e. The Labute approximate surface area is 104 Å². The SMILES string of the molecule is COc1c(N=C(N)CCl)cc(Br)c(F)c1F. The topological polar surface area (TPSA) is 47.6 Å². The van der Waals surface area contributed by atoms with Crippen molar-refractivity contribution in [3.05, 3.63) is 22.2 Å². The van der Waals surface area contributed by atoms with Crippen LogP contribution in [0, 0.1) is 11.6 Å². The minimum absolute atomic E-state index is 0.0141. The Morgan fingerprint density at radius 3 is 2.69 bits per heavy atom. The number of rotatable bonds is 3. The highest BCUT2D eigenvalue weighted by Gasteiger charge is 2.17. The van der Waals surface area contributed by atoms with E-state index in [-0.39, 0.29) is 27.6 Å². The number of hydrogen-bond acceptors (Lipinski definition) is 2. The van der Waals surface area contributed by atoms with Gasteiger partial charge in [-0.3, -0.25) is 0 Å². The molecule has 88 valence electrons. The first-order valence-electron chi connectivity index (χ1n) is 4.11. The van der Waals surface area contributed by atoms with Gasteiger partial charge in [-0.25, -0.2) is 9.38 Å². The third kappa shape index (κ3) is 2.62. The number of halogens is 4. The van der Waals surface area contributed by atoms with Crippen molar-refractivity contribution >= 4 is 39.1 Å². The lowest BCUT2D eigenvalue weighted by Gasteiger charge is -2.08. The molecule has 0 saturated heterocycles. The Hall–Kier alpha value is -0.880. The minimum Gasteiger partial charge on any atom is -0.491 e. The summed E-state index contributed by atoms with van der Waals surface area (Å²) in [6.45, 7) is 0. The molecule has 0 unspecified atom stereocenters. The fraction of sp³-hybridized carbons (Fsp3) is 0.222. The van der Waals surface area contributed by atoms with E-state index in [9.17, 15) is 8.78 Å². The second kappa shape index (κ2) is 5.45. The van der Waals surface area contributed by atoms with Crippen molar-refractivity contribution in [1.29, 1.82) is 0 Å². The van der Waals surface area contributed by atoms with Crippen molar-refractivity contribution in [3.63, 3.8) is 0 Å². The molecule has 0 saturated carbocycles. The van der Waals surface area contributed by atoms with E-state index >= 15 is 0 Å². The zero-order chi connectivity index (χ0) is 12.3. The average Bonchev–Trinajstić information content (AvgIpc) is 2.26. The van der Waals surface area contributed by atoms with Crippen LogP contribution in [0.25, 0.3) is 0 Å². The maximum atomic E-state index is 13.4. The Balaban J connectivity index is 3.39. The molecule has 1 rings (SSSR count). The van der Waals surface area contributed by atoms with Crippen LogP contribution >= 0.6 is 27.5 Å². The van der Waals surface area contributed by atoms with Crippen LogP contribution in [0.4, 0.5) is 14.5 Å². The number of methoxy groups -OCH3 is 1. The van der Waals surface area contributed by atoms with E-state index in [2.05, 4.69) is 20.9 Å². The van der Waals surface area contributed by atoms with E-state index in [0.717, 1.165) is 0 Å². The average molecular weight is 314 g/mol. The third-order valence-corrected chi connectivity index (χ3v) is 2.55. The van der Waals surface area contributed by atoms with Gasteiger partial charge in [0.2, 0.25) is 5.82 Å². The minimum atomic E-state index is -1.13. The number of ether oxygens (including phenoxy) is 1. The first kappa shape index (κ1) is 13.2. The maximum Gasteiger partial charge on any atom is 0.204 e. The van der Waals surface area contributed by atoms with Crippen LogP contribution in [0.1, 0.15) is 0 Å². The molecule has 0 aliphatic heterocycles. The summed E-state index contributed by atoms with van der Waals surface area (Å²) in [7, 11) is 1.21. The second-order valence-electron chi connectivity index (χ2n) is 2.78. The number of hydrogen-bond donors (Lipinski definition) is 1. The maximum absolute atomic E-state index is 13.4. The van der Waals surface area contributed by atoms with Crippen molar-refractivity contribution in [2.45, 2.75) is 0 Å². The van der Waals surface area contributed by atoms with Crippen LogP contribution in [-0.4, -0.2) is 18.8 Å². The molecule has 0 fully saturated rings. The standard InChI is InChI=1S/C9H8BrClF2N2O/c1-16-9-5(15-6(14)3-11)2-4(10)7(12)8(9)13/h2H,3H2,1H3,(H2,14,15). The van der Waals surface area contributed by atoms with Gasteiger partial charge in [0.1, 0.15) is 11.5 Å². The van der Waals surface area contributed by atoms with E-state index in [0.29, 0.717) is 0 Å². The lowest BCUT2D eigenvalue weighted by molar-refractivity contribution is 0.372. The number of amidine groups is 1. The van der Waals surface area contributed by atoms with Crippen LogP contribution in [0.2, 0.25) is 0 Å². The van der Waals surface area contributed by atoms with Gasteiger partial charge in [0.15, 0.2) is 11.6 Å². The molecule has 0 amide bonds. The first-order chi connectivity index (χ1) is 7.51. The molecule has 3 nitrogen and oxygen atoms in total. The smallest absolute Gasteiger partial charge is 0.204 e. The van der Waals surface area contributed by atoms with E-state index in [4.69, 9.17) is 22.1 Å². The van der Waals surface area contributed by atoms with E-state index < -0.39 is 11.6 Å². The molecule has 0 heterocycles. The summed E-state index contributed by atoms with van der Waals surface area (Å²) in [5.74, 6) is -2.41. The van der Waals surface area contributed by atoms with Crippen molar-refractivity contribution in [2.75, 3.05) is 13.0 Å². The molecule has 0 bridgehead atoms. The van der Waals surface area contributed by atoms with E-state index in [1.807, 2.05) is 0 Å². The fourth-order valence-corrected chi connectivity index (χ4v) is 1.48. The highest BCUT2D eigenvalue weighted by molar-refractivity contribution is 9.10. The summed E-state index contributed by atoms with van der Waals surface area (Å²) in [5.41, 5.74) is 5.47. The molecule has 1 aromatic rings. The van der Waals surface area contributed by atoms with Gasteiger partial charge in [-0.2, -0.15) is 4.39 Å². The quantitative estimate of drug-likeness (QED) is 0.404. The van der Waals surface area contributed by atoms with Gasteiger partial charge >= 0.3 is 0 Å². The summed E-state index contributed by atoms with van der Waals surface area (Å²) in [5, 5.41) is 0. The predicted octanol–water partition coefficient (Wildman–Crippen LogP) is 2.96. The Bertz CT molecular complexity index is 440. The van der Waals surface area contributed by atoms with E-state index in [1.165, 1.54) is 13.2 Å². The molecular formula is C9H8BrClF2N2O. The number of alkyl halides is 1. The molecule has 1 aromatic carbocycles. The predicted molar refractivity (Wildman–Crippen MR) is 62.6 cm³/mol. The summed E-state index contributed by atoms with van der Waals surface area (Å²) < 4.78 is 31.2. The zero-order valence-corrected chi connectivity index (χ0v) is 10.6. The van der Waals surface area contributed by atoms with Gasteiger partial charge in [-0.15, -0.1) is 11.6 Å². The van der Waals surface area contributed by atoms with Gasteiger partial charge in [-0.05, 0) is 22.0 Å². The van der Waals surface area contributed by atoms with Gasteiger partial charge in [-0.1, -0.05) is 0 Å². The van der Waals surface area contributed by atoms with Crippen molar-refractivity contribution in [3.8, 4) is 5.75 Å². The normalized spacial score (nSPS) is 11.7. The molecule has 0 spiro atoms. The lowest BCUT2D eigenvalue weighted by atomic mass is 10.2. The second-order valence-corrected chi connectivity index (χ2v) is 3.90. The molecule has 0 radical (unpaired) electrons. The Kier molecular flexibility index (Phi) is 4.49. The molecule has 16 heavy (non-hydrogen) atoms. The van der Waals surface area contributed by atoms with Crippen LogP contribution in [0.3, 0.4) is 0 Å². The Morgan fingerprint density at radius 1 is 1.56 bits per heavy atom. The van der Waals surface area contributed by atoms with Crippen LogP contribution in [-0.2, 0) is 0 Å². The van der Waals surface area contributed by atoms with Crippen LogP contribution in [0.15, 0.2) is 15.5 Å². The summed E-state index contributed by atoms with van der Waals surface area (Å²) in [6, 6.07) is 1.26. The summed E-state index contributed by atoms with van der Waals surface area (Å²) >= 11 is 8.29. The molecule has 0 atom stereocenters. The van der Waals surface area contributed by atoms with Gasteiger partial charge < -0.3 is 10.5 Å². The number of aliphatic imine (C=N–C) groups is 1. The Morgan fingerprint density at radius 2 is 2.19 bits per heavy atom. The summed E-state index contributed by atoms with van der Waals surface area (Å²) in [6.07, 6.45) is 0. The molecule has 0 aliphatic rings. The molecule has 0 aromatic heterocycles. The van der Waals surface area contributed by atoms with Gasteiger partial charge in [0.05, 0.1) is 17.5 Å². The summed E-state index contributed by atoms with van der Waals surface area (Å²) in [4.78, 5) is 3.81. The van der Waals surface area contributed by atoms with Crippen molar-refractivity contribution in [1.82, 2.24) is 0 Å². The molecule has 0 aliphatic carbocycles. The molecule has 7 heteroatoms. The van der Waals surface area contributed by atoms with E-state index in [1.54, 1.807) is 0 Å². The molecular weight excluding hydrogens is 305 g/mol. The zero-order valence-electron chi connectivity index (χ0n) is 8.23. The van der Waals surface area contributed by atoms with Gasteiger partial charge in [0, 0.05) is 0 Å². The molecule has 2 N–H and O–H groups in total. The highest BCUT2D eigenvalue weighted by Crippen LogP contribution is 2.36. The van der Waals surface area contributed by atoms with Crippen molar-refractivity contribution in [2.24, 2.45) is 10.7 Å². The van der Waals surface area contributed by atoms with Crippen LogP contribution < -0.4 is 10.5 Å². The van der Waals surface area contributed by atoms with Gasteiger partial charge in [0.25, 0.3) is 0 Å². The lowest BCUT2D eigenvalue weighted by Crippen LogP contribution is -2.12. The number of nitrogens with zero attached hydrogens (tertiary/aromatic N) is 1. The first-order valence-corrected chi connectivity index (χ1v) is 5.44. The van der Waals surface area contributed by atoms with Crippen LogP contribution in [0.5, 0.6) is 5.75 Å². The highest BCUT2D eigenvalue weighted by atomic mass is 79.9.